The van der Waals surface area contributed by atoms with Crippen LogP contribution in [0.4, 0.5) is 26.7 Å². The molecule has 39 heavy (non-hydrogen) atoms. The predicted octanol–water partition coefficient (Wildman–Crippen LogP) is 5.41. The zero-order valence-corrected chi connectivity index (χ0v) is 21.6. The first-order chi connectivity index (χ1) is 18.2. The number of aromatic nitrogens is 2. The molecule has 2 amide bonds. The van der Waals surface area contributed by atoms with Crippen LogP contribution in [-0.2, 0) is 15.5 Å². The summed E-state index contributed by atoms with van der Waals surface area (Å²) >= 11 is 11.7. The Morgan fingerprint density at radius 1 is 1.10 bits per heavy atom. The van der Waals surface area contributed by atoms with Crippen LogP contribution >= 0.6 is 23.2 Å². The van der Waals surface area contributed by atoms with Gasteiger partial charge >= 0.3 is 18.2 Å². The highest BCUT2D eigenvalue weighted by Gasteiger charge is 2.71. The molecule has 1 unspecified atom stereocenters. The van der Waals surface area contributed by atoms with Gasteiger partial charge in [-0.25, -0.2) is 4.79 Å². The molecule has 2 aromatic rings. The molecular weight excluding hydrogens is 574 g/mol. The first-order valence-corrected chi connectivity index (χ1v) is 12.6. The lowest BCUT2D eigenvalue weighted by atomic mass is 9.71. The van der Waals surface area contributed by atoms with Gasteiger partial charge in [0.25, 0.3) is 5.89 Å². The smallest absolute Gasteiger partial charge is 0.410 e. The first-order valence-electron chi connectivity index (χ1n) is 11.8. The fourth-order valence-electron chi connectivity index (χ4n) is 5.21. The Kier molecular flexibility index (Phi) is 6.61. The van der Waals surface area contributed by atoms with Crippen molar-refractivity contribution in [2.24, 2.45) is 10.8 Å². The van der Waals surface area contributed by atoms with Gasteiger partial charge in [0.2, 0.25) is 11.8 Å². The van der Waals surface area contributed by atoms with Crippen LogP contribution in [0.5, 0.6) is 0 Å². The van der Waals surface area contributed by atoms with Crippen molar-refractivity contribution in [1.29, 1.82) is 0 Å². The maximum absolute atomic E-state index is 15.2. The number of carbonyl (C=O) groups excluding carboxylic acids is 2. The predicted molar refractivity (Wildman–Crippen MR) is 126 cm³/mol. The lowest BCUT2D eigenvalue weighted by Gasteiger charge is -2.51. The van der Waals surface area contributed by atoms with Crippen LogP contribution in [0.15, 0.2) is 35.3 Å². The molecule has 1 aliphatic carbocycles. The Balaban J connectivity index is 1.41. The molecule has 1 aromatic carbocycles. The number of ether oxygens (including phenoxy) is 1. The third-order valence-corrected chi connectivity index (χ3v) is 8.26. The molecule has 3 fully saturated rings. The first kappa shape index (κ1) is 27.6. The molecular formula is C24H21Cl2F5N4O4. The molecule has 3 heterocycles. The SMILES string of the molecule is C=CCOC(=O)N1CC(c2nnc(C(F)(F)c3ccc(Cl)c(Cl)c3)o2)C2(C1)CN(C(=O)C1(C(F)(F)F)CC1)C2. The van der Waals surface area contributed by atoms with Crippen LogP contribution in [-0.4, -0.2) is 71.0 Å². The van der Waals surface area contributed by atoms with Gasteiger partial charge < -0.3 is 19.0 Å². The van der Waals surface area contributed by atoms with Crippen LogP contribution in [0.1, 0.15) is 36.1 Å². The molecule has 1 saturated carbocycles. The summed E-state index contributed by atoms with van der Waals surface area (Å²) < 4.78 is 81.4. The van der Waals surface area contributed by atoms with E-state index in [1.807, 2.05) is 0 Å². The molecule has 0 N–H and O–H groups in total. The van der Waals surface area contributed by atoms with E-state index in [0.717, 1.165) is 17.0 Å². The van der Waals surface area contributed by atoms with Crippen LogP contribution < -0.4 is 0 Å². The highest BCUT2D eigenvalue weighted by molar-refractivity contribution is 6.42. The van der Waals surface area contributed by atoms with Crippen molar-refractivity contribution in [3.63, 3.8) is 0 Å². The standard InChI is InChI=1S/C24H21Cl2F5N4O4/c1-2-7-38-20(37)34-9-14(21(10-34)11-35(12-21)19(36)22(5-6-22)24(29,30)31)17-32-33-18(39-17)23(27,28)13-3-4-15(25)16(26)8-13/h2-4,8,14H,1,5-7,9-12H2. The molecule has 1 spiro atoms. The van der Waals surface area contributed by atoms with Crippen LogP contribution in [0.2, 0.25) is 10.0 Å². The van der Waals surface area contributed by atoms with E-state index >= 15 is 8.78 Å². The number of likely N-dealkylation sites (tertiary alicyclic amines) is 2. The van der Waals surface area contributed by atoms with Crippen LogP contribution in [0.25, 0.3) is 0 Å². The van der Waals surface area contributed by atoms with Gasteiger partial charge in [0.15, 0.2) is 0 Å². The maximum atomic E-state index is 15.2. The summed E-state index contributed by atoms with van der Waals surface area (Å²) in [7, 11) is 0. The van der Waals surface area contributed by atoms with Gasteiger partial charge in [-0.05, 0) is 25.0 Å². The highest BCUT2D eigenvalue weighted by atomic mass is 35.5. The molecule has 0 radical (unpaired) electrons. The molecule has 210 valence electrons. The summed E-state index contributed by atoms with van der Waals surface area (Å²) in [6.07, 6.45) is -4.65. The Hall–Kier alpha value is -2.93. The molecule has 2 saturated heterocycles. The molecule has 3 aliphatic rings. The molecule has 15 heteroatoms. The van der Waals surface area contributed by atoms with Crippen molar-refractivity contribution in [2.75, 3.05) is 32.8 Å². The Morgan fingerprint density at radius 3 is 2.36 bits per heavy atom. The molecule has 1 atom stereocenters. The van der Waals surface area contributed by atoms with Crippen LogP contribution in [0, 0.1) is 10.8 Å². The van der Waals surface area contributed by atoms with Crippen molar-refractivity contribution in [1.82, 2.24) is 20.0 Å². The minimum atomic E-state index is -4.68. The molecule has 8 nitrogen and oxygen atoms in total. The van der Waals surface area contributed by atoms with Crippen molar-refractivity contribution < 1.29 is 40.7 Å². The summed E-state index contributed by atoms with van der Waals surface area (Å²) in [5.74, 6) is -6.91. The number of hydrogen-bond acceptors (Lipinski definition) is 6. The molecule has 5 rings (SSSR count). The van der Waals surface area contributed by atoms with E-state index in [1.54, 1.807) is 0 Å². The second-order valence-corrected chi connectivity index (χ2v) is 10.9. The summed E-state index contributed by atoms with van der Waals surface area (Å²) in [5, 5.41) is 7.28. The van der Waals surface area contributed by atoms with Gasteiger partial charge in [-0.15, -0.1) is 10.2 Å². The summed E-state index contributed by atoms with van der Waals surface area (Å²) in [4.78, 5) is 27.7. The van der Waals surface area contributed by atoms with Crippen molar-refractivity contribution in [3.05, 3.63) is 58.2 Å². The number of carbonyl (C=O) groups is 2. The normalized spacial score (nSPS) is 21.6. The van der Waals surface area contributed by atoms with Gasteiger partial charge in [-0.1, -0.05) is 41.9 Å². The van der Waals surface area contributed by atoms with Gasteiger partial charge in [0.05, 0.1) is 16.0 Å². The number of amides is 2. The Labute approximate surface area is 228 Å². The topological polar surface area (TPSA) is 88.8 Å². The van der Waals surface area contributed by atoms with E-state index < -0.39 is 52.3 Å². The molecule has 1 aromatic heterocycles. The summed E-state index contributed by atoms with van der Waals surface area (Å²) in [6, 6.07) is 3.21. The second-order valence-electron chi connectivity index (χ2n) is 10.1. The van der Waals surface area contributed by atoms with Crippen LogP contribution in [0.3, 0.4) is 0 Å². The Morgan fingerprint density at radius 2 is 1.77 bits per heavy atom. The minimum Gasteiger partial charge on any atom is -0.445 e. The third kappa shape index (κ3) is 4.52. The lowest BCUT2D eigenvalue weighted by molar-refractivity contribution is -0.204. The molecule has 0 bridgehead atoms. The Bertz CT molecular complexity index is 1320. The van der Waals surface area contributed by atoms with E-state index in [4.69, 9.17) is 32.4 Å². The van der Waals surface area contributed by atoms with Crippen molar-refractivity contribution in [2.45, 2.75) is 30.9 Å². The number of rotatable bonds is 6. The van der Waals surface area contributed by atoms with Crippen molar-refractivity contribution >= 4 is 35.2 Å². The maximum Gasteiger partial charge on any atom is 0.410 e. The summed E-state index contributed by atoms with van der Waals surface area (Å²) in [6.45, 7) is 2.96. The fraction of sp³-hybridized carbons (Fsp3) is 0.500. The largest absolute Gasteiger partial charge is 0.445 e. The average Bonchev–Trinajstić information content (AvgIpc) is 3.36. The minimum absolute atomic E-state index is 0.0165. The third-order valence-electron chi connectivity index (χ3n) is 7.52. The average molecular weight is 595 g/mol. The van der Waals surface area contributed by atoms with E-state index in [1.165, 1.54) is 17.0 Å². The van der Waals surface area contributed by atoms with E-state index in [-0.39, 0.29) is 61.6 Å². The van der Waals surface area contributed by atoms with Gasteiger partial charge in [0, 0.05) is 37.2 Å². The summed E-state index contributed by atoms with van der Waals surface area (Å²) in [5.41, 5.74) is -3.94. The quantitative estimate of drug-likeness (QED) is 0.328. The number of benzene rings is 1. The second kappa shape index (κ2) is 9.33. The highest BCUT2D eigenvalue weighted by Crippen LogP contribution is 2.60. The fourth-order valence-corrected chi connectivity index (χ4v) is 5.51. The van der Waals surface area contributed by atoms with E-state index in [9.17, 15) is 22.8 Å². The zero-order chi connectivity index (χ0) is 28.4. The molecule has 2 aliphatic heterocycles. The number of halogens is 7. The van der Waals surface area contributed by atoms with E-state index in [0.29, 0.717) is 0 Å². The van der Waals surface area contributed by atoms with Crippen molar-refractivity contribution in [3.8, 4) is 0 Å². The van der Waals surface area contributed by atoms with Gasteiger partial charge in [0.1, 0.15) is 12.0 Å². The number of alkyl halides is 5. The number of nitrogens with zero attached hydrogens (tertiary/aromatic N) is 4. The van der Waals surface area contributed by atoms with Gasteiger partial charge in [-0.3, -0.25) is 4.79 Å². The van der Waals surface area contributed by atoms with E-state index in [2.05, 4.69) is 16.8 Å². The number of hydrogen-bond donors (Lipinski definition) is 0. The zero-order valence-electron chi connectivity index (χ0n) is 20.1. The van der Waals surface area contributed by atoms with Gasteiger partial charge in [-0.2, -0.15) is 22.0 Å². The monoisotopic (exact) mass is 594 g/mol. The lowest BCUT2D eigenvalue weighted by Crippen LogP contribution is -2.64.